The second-order valence-corrected chi connectivity index (χ2v) is 5.77. The second-order valence-electron chi connectivity index (χ2n) is 5.01. The predicted molar refractivity (Wildman–Crippen MR) is 104 cm³/mol. The van der Waals surface area contributed by atoms with E-state index in [0.29, 0.717) is 11.5 Å². The molecule has 0 unspecified atom stereocenters. The van der Waals surface area contributed by atoms with E-state index in [1.54, 1.807) is 18.6 Å². The molecule has 0 bridgehead atoms. The van der Waals surface area contributed by atoms with Crippen LogP contribution in [0.25, 0.3) is 0 Å². The van der Waals surface area contributed by atoms with Crippen LogP contribution in [0, 0.1) is 0 Å². The van der Waals surface area contributed by atoms with E-state index in [2.05, 4.69) is 53.1 Å². The molecule has 3 rings (SSSR count). The average Bonchev–Trinajstić information content (AvgIpc) is 3.03. The molecule has 0 fully saturated rings. The van der Waals surface area contributed by atoms with Gasteiger partial charge in [-0.2, -0.15) is 5.10 Å². The van der Waals surface area contributed by atoms with Crippen LogP contribution < -0.4 is 11.1 Å². The van der Waals surface area contributed by atoms with Crippen LogP contribution in [0.4, 0.5) is 17.3 Å². The van der Waals surface area contributed by atoms with Gasteiger partial charge in [0, 0.05) is 22.5 Å². The van der Waals surface area contributed by atoms with Gasteiger partial charge in [0.05, 0.1) is 18.1 Å². The molecule has 0 aliphatic heterocycles. The monoisotopic (exact) mass is 447 g/mol. The van der Waals surface area contributed by atoms with E-state index in [-0.39, 0.29) is 11.4 Å². The standard InChI is InChI=1S/C16H14IN7O/c17-7-10-2-1-3-11(6-10)22-16-13(14(18)25)15(23-24-16)21-9-12-8-19-4-5-20-12/h1-6,8-9H,7H2,(H2,18,25)(H2,22,23,24)/b21-9+. The van der Waals surface area contributed by atoms with E-state index in [0.717, 1.165) is 15.7 Å². The normalized spacial score (nSPS) is 10.9. The largest absolute Gasteiger partial charge is 0.365 e. The summed E-state index contributed by atoms with van der Waals surface area (Å²) in [6, 6.07) is 7.82. The van der Waals surface area contributed by atoms with Gasteiger partial charge in [-0.3, -0.25) is 19.9 Å². The first-order valence-electron chi connectivity index (χ1n) is 7.27. The number of nitrogens with one attached hydrogen (secondary N) is 2. The number of anilines is 2. The van der Waals surface area contributed by atoms with Gasteiger partial charge in [-0.1, -0.05) is 34.7 Å². The van der Waals surface area contributed by atoms with Gasteiger partial charge >= 0.3 is 0 Å². The predicted octanol–water partition coefficient (Wildman–Crippen LogP) is 2.73. The summed E-state index contributed by atoms with van der Waals surface area (Å²) in [5, 5.41) is 9.92. The highest BCUT2D eigenvalue weighted by Gasteiger charge is 2.18. The molecule has 126 valence electrons. The highest BCUT2D eigenvalue weighted by Crippen LogP contribution is 2.26. The van der Waals surface area contributed by atoms with Crippen LogP contribution >= 0.6 is 22.6 Å². The lowest BCUT2D eigenvalue weighted by molar-refractivity contribution is 0.100. The van der Waals surface area contributed by atoms with E-state index < -0.39 is 5.91 Å². The Morgan fingerprint density at radius 1 is 1.40 bits per heavy atom. The summed E-state index contributed by atoms with van der Waals surface area (Å²) >= 11 is 2.29. The molecule has 9 heteroatoms. The van der Waals surface area contributed by atoms with E-state index in [4.69, 9.17) is 5.73 Å². The van der Waals surface area contributed by atoms with Crippen molar-refractivity contribution in [2.75, 3.05) is 5.32 Å². The lowest BCUT2D eigenvalue weighted by Gasteiger charge is -2.06. The number of aromatic amines is 1. The number of carbonyl (C=O) groups excluding carboxylic acids is 1. The van der Waals surface area contributed by atoms with Crippen LogP contribution in [0.1, 0.15) is 21.6 Å². The van der Waals surface area contributed by atoms with Crippen molar-refractivity contribution in [2.45, 2.75) is 4.43 Å². The second kappa shape index (κ2) is 7.83. The van der Waals surface area contributed by atoms with Gasteiger partial charge in [0.15, 0.2) is 11.6 Å². The Bertz CT molecular complexity index is 908. The van der Waals surface area contributed by atoms with Crippen molar-refractivity contribution in [1.29, 1.82) is 0 Å². The number of nitrogens with zero attached hydrogens (tertiary/aromatic N) is 4. The van der Waals surface area contributed by atoms with Crippen molar-refractivity contribution in [3.05, 3.63) is 59.7 Å². The fourth-order valence-corrected chi connectivity index (χ4v) is 2.60. The molecule has 0 saturated heterocycles. The molecule has 0 saturated carbocycles. The summed E-state index contributed by atoms with van der Waals surface area (Å²) in [5.41, 5.74) is 8.20. The van der Waals surface area contributed by atoms with Gasteiger partial charge in [0.1, 0.15) is 5.56 Å². The van der Waals surface area contributed by atoms with Gasteiger partial charge in [-0.25, -0.2) is 4.99 Å². The first kappa shape index (κ1) is 17.0. The smallest absolute Gasteiger partial charge is 0.256 e. The minimum absolute atomic E-state index is 0.181. The maximum absolute atomic E-state index is 11.8. The molecular weight excluding hydrogens is 433 g/mol. The van der Waals surface area contributed by atoms with Crippen LogP contribution in [0.15, 0.2) is 47.8 Å². The number of primary amides is 1. The van der Waals surface area contributed by atoms with Crippen LogP contribution in [0.2, 0.25) is 0 Å². The lowest BCUT2D eigenvalue weighted by Crippen LogP contribution is -2.12. The van der Waals surface area contributed by atoms with Crippen molar-refractivity contribution < 1.29 is 4.79 Å². The lowest BCUT2D eigenvalue weighted by atomic mass is 10.2. The number of hydrogen-bond acceptors (Lipinski definition) is 6. The molecular formula is C16H14IN7O. The summed E-state index contributed by atoms with van der Waals surface area (Å²) in [6.07, 6.45) is 6.15. The molecule has 4 N–H and O–H groups in total. The van der Waals surface area contributed by atoms with E-state index in [1.807, 2.05) is 24.3 Å². The summed E-state index contributed by atoms with van der Waals surface area (Å²) in [7, 11) is 0. The molecule has 1 aromatic carbocycles. The Hall–Kier alpha value is -2.82. The number of hydrogen-bond donors (Lipinski definition) is 3. The Morgan fingerprint density at radius 3 is 3.00 bits per heavy atom. The van der Waals surface area contributed by atoms with Crippen molar-refractivity contribution >= 4 is 52.0 Å². The number of carbonyl (C=O) groups is 1. The van der Waals surface area contributed by atoms with Gasteiger partial charge < -0.3 is 11.1 Å². The van der Waals surface area contributed by atoms with Crippen LogP contribution in [-0.4, -0.2) is 32.3 Å². The van der Waals surface area contributed by atoms with Crippen LogP contribution in [0.5, 0.6) is 0 Å². The van der Waals surface area contributed by atoms with Crippen molar-refractivity contribution in [3.63, 3.8) is 0 Å². The number of H-pyrrole nitrogens is 1. The maximum Gasteiger partial charge on any atom is 0.256 e. The molecule has 8 nitrogen and oxygen atoms in total. The first-order valence-corrected chi connectivity index (χ1v) is 8.80. The quantitative estimate of drug-likeness (QED) is 0.305. The Morgan fingerprint density at radius 2 is 2.28 bits per heavy atom. The zero-order chi connectivity index (χ0) is 17.6. The SMILES string of the molecule is NC(=O)c1c(Nc2cccc(CI)c2)n[nH]c1/N=C/c1cnccn1. The Kier molecular flexibility index (Phi) is 5.33. The number of rotatable bonds is 6. The number of nitrogens with two attached hydrogens (primary N) is 1. The molecule has 3 aromatic rings. The van der Waals surface area contributed by atoms with Gasteiger partial charge in [0.2, 0.25) is 0 Å². The minimum Gasteiger partial charge on any atom is -0.365 e. The molecule has 0 radical (unpaired) electrons. The molecule has 25 heavy (non-hydrogen) atoms. The molecule has 0 spiro atoms. The van der Waals surface area contributed by atoms with Crippen LogP contribution in [-0.2, 0) is 4.43 Å². The molecule has 1 amide bonds. The summed E-state index contributed by atoms with van der Waals surface area (Å²) in [4.78, 5) is 24.1. The van der Waals surface area contributed by atoms with Crippen molar-refractivity contribution in [1.82, 2.24) is 20.2 Å². The molecule has 0 aliphatic carbocycles. The first-order chi connectivity index (χ1) is 12.2. The summed E-state index contributed by atoms with van der Waals surface area (Å²) in [5.74, 6) is -0.0531. The molecule has 2 heterocycles. The Balaban J connectivity index is 1.89. The Labute approximate surface area is 157 Å². The number of amides is 1. The number of halogens is 1. The number of alkyl halides is 1. The third-order valence-corrected chi connectivity index (χ3v) is 4.13. The van der Waals surface area contributed by atoms with E-state index >= 15 is 0 Å². The van der Waals surface area contributed by atoms with Gasteiger partial charge in [0.25, 0.3) is 5.91 Å². The fraction of sp³-hybridized carbons (Fsp3) is 0.0625. The third-order valence-electron chi connectivity index (χ3n) is 3.25. The minimum atomic E-state index is -0.632. The maximum atomic E-state index is 11.8. The van der Waals surface area contributed by atoms with Gasteiger partial charge in [-0.05, 0) is 17.7 Å². The molecule has 0 atom stereocenters. The third kappa shape index (κ3) is 4.18. The zero-order valence-corrected chi connectivity index (χ0v) is 15.1. The van der Waals surface area contributed by atoms with Gasteiger partial charge in [-0.15, -0.1) is 0 Å². The highest BCUT2D eigenvalue weighted by atomic mass is 127. The van der Waals surface area contributed by atoms with E-state index in [9.17, 15) is 4.79 Å². The zero-order valence-electron chi connectivity index (χ0n) is 13.0. The summed E-state index contributed by atoms with van der Waals surface area (Å²) < 4.78 is 0.879. The highest BCUT2D eigenvalue weighted by molar-refractivity contribution is 14.1. The van der Waals surface area contributed by atoms with Crippen LogP contribution in [0.3, 0.4) is 0 Å². The number of aliphatic imine (C=N–C) groups is 1. The molecule has 2 aromatic heterocycles. The fourth-order valence-electron chi connectivity index (χ4n) is 2.13. The van der Waals surface area contributed by atoms with Crippen molar-refractivity contribution in [2.24, 2.45) is 10.7 Å². The average molecular weight is 447 g/mol. The van der Waals surface area contributed by atoms with E-state index in [1.165, 1.54) is 6.21 Å². The number of aromatic nitrogens is 4. The topological polar surface area (TPSA) is 122 Å². The number of benzene rings is 1. The van der Waals surface area contributed by atoms with Crippen molar-refractivity contribution in [3.8, 4) is 0 Å². The summed E-state index contributed by atoms with van der Waals surface area (Å²) in [6.45, 7) is 0. The molecule has 0 aliphatic rings.